The lowest BCUT2D eigenvalue weighted by Crippen LogP contribution is -2.57. The highest BCUT2D eigenvalue weighted by Crippen LogP contribution is 2.42. The van der Waals surface area contributed by atoms with Crippen LogP contribution in [0.5, 0.6) is 69.0 Å². The molecule has 0 saturated carbocycles. The molecule has 0 saturated heterocycles. The summed E-state index contributed by atoms with van der Waals surface area (Å²) in [7, 11) is -6.18. The summed E-state index contributed by atoms with van der Waals surface area (Å²) >= 11 is 0. The fourth-order valence-electron chi connectivity index (χ4n) is 7.20. The molecule has 0 fully saturated rings. The Morgan fingerprint density at radius 1 is 0.238 bits per heavy atom. The molecule has 0 aromatic heterocycles. The van der Waals surface area contributed by atoms with Gasteiger partial charge >= 0.3 is 0 Å². The van der Waals surface area contributed by atoms with Crippen molar-refractivity contribution in [3.8, 4) is 69.0 Å². The molecule has 4 aromatic carbocycles. The average molecular weight is 911 g/mol. The second kappa shape index (κ2) is 26.5. The standard InChI is InChI=1S/C48H70O13Si2/c1-13-49-33-25-29-37(45(57-21-9)41(33)53-17-5)62(38-30-26-34(50-14-2)42(54-18-6)46(38)58-22-10)61-63(39-31-27-35(51-15-3)43(55-19-7)47(39)59-23-11)40-32-28-36(52-16-4)44(56-20-8)48(40)60-24-12/h25-32,62-63H,13-24H2,1-12H3. The van der Waals surface area contributed by atoms with Gasteiger partial charge in [-0.05, 0) is 107 Å². The topological polar surface area (TPSA) is 120 Å². The molecule has 0 aliphatic carbocycles. The van der Waals surface area contributed by atoms with E-state index >= 15 is 0 Å². The molecule has 0 radical (unpaired) electrons. The molecule has 348 valence electrons. The van der Waals surface area contributed by atoms with Crippen LogP contribution in [-0.4, -0.2) is 97.4 Å². The van der Waals surface area contributed by atoms with E-state index in [1.54, 1.807) is 0 Å². The van der Waals surface area contributed by atoms with E-state index in [-0.39, 0.29) is 0 Å². The molecule has 0 heterocycles. The van der Waals surface area contributed by atoms with Gasteiger partial charge in [0.2, 0.25) is 41.1 Å². The maximum Gasteiger partial charge on any atom is 0.236 e. The molecule has 0 N–H and O–H groups in total. The van der Waals surface area contributed by atoms with Gasteiger partial charge in [-0.2, -0.15) is 0 Å². The van der Waals surface area contributed by atoms with Crippen molar-refractivity contribution in [2.24, 2.45) is 0 Å². The van der Waals surface area contributed by atoms with Crippen LogP contribution in [0.1, 0.15) is 83.1 Å². The SMILES string of the molecule is CCOc1ccc([SiH](O[SiH](c2ccc(OCC)c(OCC)c2OCC)c2ccc(OCC)c(OCC)c2OCC)c2ccc(OCC)c(OCC)c2OCC)c(OCC)c1OCC. The summed E-state index contributed by atoms with van der Waals surface area (Å²) in [6.45, 7) is 28.0. The van der Waals surface area contributed by atoms with Crippen molar-refractivity contribution in [1.29, 1.82) is 0 Å². The van der Waals surface area contributed by atoms with E-state index in [9.17, 15) is 0 Å². The molecule has 0 unspecified atom stereocenters. The Labute approximate surface area is 378 Å². The van der Waals surface area contributed by atoms with Crippen LogP contribution in [0.3, 0.4) is 0 Å². The Hall–Kier alpha value is -5.13. The van der Waals surface area contributed by atoms with Crippen molar-refractivity contribution in [3.05, 3.63) is 48.5 Å². The highest BCUT2D eigenvalue weighted by molar-refractivity contribution is 6.93. The minimum atomic E-state index is -3.09. The summed E-state index contributed by atoms with van der Waals surface area (Å²) in [4.78, 5) is 0. The molecule has 0 spiro atoms. The van der Waals surface area contributed by atoms with Crippen molar-refractivity contribution in [2.45, 2.75) is 83.1 Å². The van der Waals surface area contributed by atoms with Crippen molar-refractivity contribution < 1.29 is 61.0 Å². The van der Waals surface area contributed by atoms with Gasteiger partial charge in [0.25, 0.3) is 0 Å². The lowest BCUT2D eigenvalue weighted by Gasteiger charge is -2.31. The zero-order chi connectivity index (χ0) is 45.7. The number of hydrogen-bond acceptors (Lipinski definition) is 13. The van der Waals surface area contributed by atoms with Crippen LogP contribution in [0.25, 0.3) is 0 Å². The Kier molecular flexibility index (Phi) is 21.2. The van der Waals surface area contributed by atoms with Crippen molar-refractivity contribution in [3.63, 3.8) is 0 Å². The van der Waals surface area contributed by atoms with Crippen molar-refractivity contribution >= 4 is 38.8 Å². The summed E-state index contributed by atoms with van der Waals surface area (Å²) in [5, 5.41) is 3.21. The fraction of sp³-hybridized carbons (Fsp3) is 0.500. The number of hydrogen-bond donors (Lipinski definition) is 0. The Morgan fingerprint density at radius 3 is 0.587 bits per heavy atom. The van der Waals surface area contributed by atoms with Crippen molar-refractivity contribution in [2.75, 3.05) is 79.3 Å². The summed E-state index contributed by atoms with van der Waals surface area (Å²) in [6.07, 6.45) is 0. The van der Waals surface area contributed by atoms with Gasteiger partial charge in [-0.3, -0.25) is 0 Å². The predicted molar refractivity (Wildman–Crippen MR) is 254 cm³/mol. The quantitative estimate of drug-likeness (QED) is 0.0508. The molecule has 0 bridgehead atoms. The van der Waals surface area contributed by atoms with Crippen LogP contribution in [0.15, 0.2) is 48.5 Å². The normalized spacial score (nSPS) is 11.0. The molecule has 0 atom stereocenters. The summed E-state index contributed by atoms with van der Waals surface area (Å²) < 4.78 is 84.5. The molecule has 13 nitrogen and oxygen atoms in total. The molecule has 15 heteroatoms. The molecule has 0 aliphatic heterocycles. The molecule has 63 heavy (non-hydrogen) atoms. The zero-order valence-corrected chi connectivity index (χ0v) is 41.9. The van der Waals surface area contributed by atoms with Gasteiger partial charge in [0.05, 0.1) is 79.3 Å². The first kappa shape index (κ1) is 50.5. The van der Waals surface area contributed by atoms with E-state index in [0.29, 0.717) is 148 Å². The largest absolute Gasteiger partial charge is 0.490 e. The van der Waals surface area contributed by atoms with E-state index in [1.807, 2.05) is 132 Å². The first-order valence-corrected chi connectivity index (χ1v) is 25.9. The fourth-order valence-corrected chi connectivity index (χ4v) is 14.2. The molecule has 0 aliphatic rings. The molecular weight excluding hydrogens is 841 g/mol. The monoisotopic (exact) mass is 910 g/mol. The Balaban J connectivity index is 2.30. The highest BCUT2D eigenvalue weighted by Gasteiger charge is 2.39. The lowest BCUT2D eigenvalue weighted by molar-refractivity contribution is 0.261. The van der Waals surface area contributed by atoms with Gasteiger partial charge in [-0.15, -0.1) is 0 Å². The molecule has 4 aromatic rings. The first-order valence-electron chi connectivity index (χ1n) is 22.7. The van der Waals surface area contributed by atoms with E-state index in [0.717, 1.165) is 20.7 Å². The van der Waals surface area contributed by atoms with Gasteiger partial charge < -0.3 is 61.0 Å². The molecule has 4 rings (SSSR count). The summed E-state index contributed by atoms with van der Waals surface area (Å²) in [6, 6.07) is 15.8. The maximum atomic E-state index is 8.05. The van der Waals surface area contributed by atoms with Crippen LogP contribution in [0, 0.1) is 0 Å². The van der Waals surface area contributed by atoms with Crippen LogP contribution in [0.4, 0.5) is 0 Å². The van der Waals surface area contributed by atoms with Gasteiger partial charge in [-0.1, -0.05) is 24.3 Å². The zero-order valence-electron chi connectivity index (χ0n) is 39.6. The van der Waals surface area contributed by atoms with E-state index in [2.05, 4.69) is 0 Å². The van der Waals surface area contributed by atoms with Gasteiger partial charge in [0.15, 0.2) is 46.0 Å². The van der Waals surface area contributed by atoms with E-state index in [1.165, 1.54) is 0 Å². The minimum absolute atomic E-state index is 0.354. The molecular formula is C48H70O13Si2. The molecule has 0 amide bonds. The number of rotatable bonds is 30. The Morgan fingerprint density at radius 2 is 0.413 bits per heavy atom. The number of benzene rings is 4. The minimum Gasteiger partial charge on any atom is -0.490 e. The highest BCUT2D eigenvalue weighted by atomic mass is 28.4. The third-order valence-electron chi connectivity index (χ3n) is 9.34. The van der Waals surface area contributed by atoms with Crippen LogP contribution in [-0.2, 0) is 4.12 Å². The summed E-state index contributed by atoms with van der Waals surface area (Å²) in [5.74, 6) is 6.38. The third-order valence-corrected chi connectivity index (χ3v) is 15.6. The second-order valence-electron chi connectivity index (χ2n) is 13.3. The van der Waals surface area contributed by atoms with Gasteiger partial charge in [0, 0.05) is 20.7 Å². The summed E-state index contributed by atoms with van der Waals surface area (Å²) in [5.41, 5.74) is 0. The smallest absolute Gasteiger partial charge is 0.236 e. The van der Waals surface area contributed by atoms with Crippen molar-refractivity contribution in [1.82, 2.24) is 0 Å². The van der Waals surface area contributed by atoms with Crippen LogP contribution in [0.2, 0.25) is 0 Å². The van der Waals surface area contributed by atoms with Crippen LogP contribution < -0.4 is 77.6 Å². The Bertz CT molecular complexity index is 1730. The second-order valence-corrected chi connectivity index (χ2v) is 18.4. The van der Waals surface area contributed by atoms with Gasteiger partial charge in [0.1, 0.15) is 0 Å². The maximum absolute atomic E-state index is 8.05. The van der Waals surface area contributed by atoms with Crippen LogP contribution >= 0.6 is 0 Å². The predicted octanol–water partition coefficient (Wildman–Crippen LogP) is 6.86. The number of ether oxygens (including phenoxy) is 12. The van der Waals surface area contributed by atoms with Gasteiger partial charge in [-0.25, -0.2) is 0 Å². The van der Waals surface area contributed by atoms with E-state index in [4.69, 9.17) is 61.0 Å². The average Bonchev–Trinajstić information content (AvgIpc) is 3.27. The van der Waals surface area contributed by atoms with E-state index < -0.39 is 18.1 Å². The first-order chi connectivity index (χ1) is 30.8. The lowest BCUT2D eigenvalue weighted by atomic mass is 10.2. The third kappa shape index (κ3) is 12.1.